The lowest BCUT2D eigenvalue weighted by molar-refractivity contribution is -0.116. The van der Waals surface area contributed by atoms with E-state index in [0.29, 0.717) is 23.5 Å². The van der Waals surface area contributed by atoms with Gasteiger partial charge in [0.25, 0.3) is 5.91 Å². The van der Waals surface area contributed by atoms with Crippen molar-refractivity contribution in [1.82, 2.24) is 9.62 Å². The number of anilines is 2. The van der Waals surface area contributed by atoms with Crippen LogP contribution in [0.15, 0.2) is 53.4 Å². The summed E-state index contributed by atoms with van der Waals surface area (Å²) in [6.07, 6.45) is 0.805. The maximum absolute atomic E-state index is 12.7. The first-order valence-corrected chi connectivity index (χ1v) is 11.1. The predicted molar refractivity (Wildman–Crippen MR) is 118 cm³/mol. The van der Waals surface area contributed by atoms with Crippen LogP contribution >= 0.6 is 0 Å². The molecule has 9 nitrogen and oxygen atoms in total. The fourth-order valence-corrected chi connectivity index (χ4v) is 3.79. The minimum atomic E-state index is -3.91. The lowest BCUT2D eigenvalue weighted by atomic mass is 10.2. The number of sulfonamides is 1. The Hall–Kier alpha value is -3.24. The monoisotopic (exact) mass is 446 g/mol. The molecule has 0 saturated heterocycles. The van der Waals surface area contributed by atoms with E-state index in [-0.39, 0.29) is 16.7 Å². The van der Waals surface area contributed by atoms with Crippen molar-refractivity contribution in [3.63, 3.8) is 0 Å². The Labute approximate surface area is 181 Å². The Morgan fingerprint density at radius 3 is 2.26 bits per heavy atom. The molecule has 2 aromatic rings. The van der Waals surface area contributed by atoms with Gasteiger partial charge in [-0.15, -0.1) is 0 Å². The molecule has 0 spiro atoms. The average Bonchev–Trinajstić information content (AvgIpc) is 2.72. The first-order valence-electron chi connectivity index (χ1n) is 9.65. The molecule has 2 aromatic carbocycles. The van der Waals surface area contributed by atoms with Gasteiger partial charge in [0.15, 0.2) is 0 Å². The third kappa shape index (κ3) is 6.90. The van der Waals surface area contributed by atoms with Gasteiger partial charge in [-0.05, 0) is 48.9 Å². The number of hydrogen-bond donors (Lipinski definition) is 3. The third-order valence-corrected chi connectivity index (χ3v) is 6.01. The average molecular weight is 447 g/mol. The normalized spacial score (nSPS) is 11.1. The van der Waals surface area contributed by atoms with Crippen molar-refractivity contribution >= 4 is 39.1 Å². The van der Waals surface area contributed by atoms with Gasteiger partial charge in [-0.25, -0.2) is 8.42 Å². The number of amides is 3. The Morgan fingerprint density at radius 2 is 1.65 bits per heavy atom. The van der Waals surface area contributed by atoms with Crippen LogP contribution in [0.25, 0.3) is 0 Å². The molecule has 0 saturated carbocycles. The van der Waals surface area contributed by atoms with Crippen molar-refractivity contribution in [1.29, 1.82) is 0 Å². The van der Waals surface area contributed by atoms with E-state index >= 15 is 0 Å². The molecule has 0 atom stereocenters. The van der Waals surface area contributed by atoms with Gasteiger partial charge in [0.05, 0.1) is 11.4 Å². The molecular weight excluding hydrogens is 420 g/mol. The number of nitrogens with zero attached hydrogens (tertiary/aromatic N) is 1. The molecule has 0 unspecified atom stereocenters. The lowest BCUT2D eigenvalue weighted by Crippen LogP contribution is -2.35. The molecule has 3 N–H and O–H groups in total. The highest BCUT2D eigenvalue weighted by Gasteiger charge is 2.23. The smallest absolute Gasteiger partial charge is 0.251 e. The van der Waals surface area contributed by atoms with Gasteiger partial charge < -0.3 is 16.0 Å². The summed E-state index contributed by atoms with van der Waals surface area (Å²) in [4.78, 5) is 35.5. The number of likely N-dealkylation sites (N-methyl/N-ethyl adjacent to an activating group) is 1. The quantitative estimate of drug-likeness (QED) is 0.544. The lowest BCUT2D eigenvalue weighted by Gasteiger charge is -2.17. The molecule has 0 aliphatic carbocycles. The second-order valence-electron chi connectivity index (χ2n) is 6.85. The van der Waals surface area contributed by atoms with Crippen LogP contribution < -0.4 is 16.0 Å². The van der Waals surface area contributed by atoms with Crippen molar-refractivity contribution in [2.75, 3.05) is 30.8 Å². The van der Waals surface area contributed by atoms with Crippen LogP contribution in [0.2, 0.25) is 0 Å². The maximum atomic E-state index is 12.7. The van der Waals surface area contributed by atoms with Crippen LogP contribution in [0.1, 0.15) is 30.6 Å². The summed E-state index contributed by atoms with van der Waals surface area (Å²) in [6, 6.07) is 12.0. The van der Waals surface area contributed by atoms with E-state index in [0.717, 1.165) is 10.7 Å². The molecule has 10 heteroatoms. The second kappa shape index (κ2) is 10.7. The van der Waals surface area contributed by atoms with Crippen molar-refractivity contribution in [3.05, 3.63) is 54.1 Å². The number of carbonyl (C=O) groups excluding carboxylic acids is 3. The van der Waals surface area contributed by atoms with E-state index in [9.17, 15) is 22.8 Å². The summed E-state index contributed by atoms with van der Waals surface area (Å²) < 4.78 is 26.3. The zero-order chi connectivity index (χ0) is 23.0. The standard InChI is InChI=1S/C21H26N4O5S/c1-4-12-22-21(28)16-6-5-7-18(13-16)24-20(27)14-25(3)31(29,30)19-10-8-17(9-11-19)23-15(2)26/h5-11,13H,4,12,14H2,1-3H3,(H,22,28)(H,23,26)(H,24,27). The molecule has 0 radical (unpaired) electrons. The fourth-order valence-electron chi connectivity index (χ4n) is 2.66. The maximum Gasteiger partial charge on any atom is 0.251 e. The van der Waals surface area contributed by atoms with Crippen LogP contribution in [0.4, 0.5) is 11.4 Å². The van der Waals surface area contributed by atoms with Crippen LogP contribution in [-0.4, -0.2) is 50.6 Å². The molecule has 2 rings (SSSR count). The van der Waals surface area contributed by atoms with Gasteiger partial charge in [0.2, 0.25) is 21.8 Å². The SMILES string of the molecule is CCCNC(=O)c1cccc(NC(=O)CN(C)S(=O)(=O)c2ccc(NC(C)=O)cc2)c1. The van der Waals surface area contributed by atoms with Gasteiger partial charge in [-0.1, -0.05) is 13.0 Å². The molecule has 0 aromatic heterocycles. The molecule has 0 aliphatic heterocycles. The third-order valence-electron chi connectivity index (χ3n) is 4.19. The molecule has 0 fully saturated rings. The van der Waals surface area contributed by atoms with Gasteiger partial charge in [-0.3, -0.25) is 14.4 Å². The molecule has 166 valence electrons. The van der Waals surface area contributed by atoms with E-state index < -0.39 is 22.5 Å². The van der Waals surface area contributed by atoms with E-state index in [1.165, 1.54) is 44.3 Å². The van der Waals surface area contributed by atoms with Crippen molar-refractivity contribution in [2.45, 2.75) is 25.2 Å². The molecule has 31 heavy (non-hydrogen) atoms. The van der Waals surface area contributed by atoms with Gasteiger partial charge in [-0.2, -0.15) is 4.31 Å². The number of carbonyl (C=O) groups is 3. The van der Waals surface area contributed by atoms with E-state index in [1.54, 1.807) is 18.2 Å². The Bertz CT molecular complexity index is 1050. The number of nitrogens with one attached hydrogen (secondary N) is 3. The van der Waals surface area contributed by atoms with Crippen LogP contribution in [-0.2, 0) is 19.6 Å². The molecule has 0 aliphatic rings. The van der Waals surface area contributed by atoms with E-state index in [1.807, 2.05) is 6.92 Å². The summed E-state index contributed by atoms with van der Waals surface area (Å²) >= 11 is 0. The molecular formula is C21H26N4O5S. The fraction of sp³-hybridized carbons (Fsp3) is 0.286. The summed E-state index contributed by atoms with van der Waals surface area (Å²) in [5, 5.41) is 7.91. The first kappa shape index (κ1) is 24.0. The van der Waals surface area contributed by atoms with Crippen LogP contribution in [0.5, 0.6) is 0 Å². The van der Waals surface area contributed by atoms with E-state index in [4.69, 9.17) is 0 Å². The minimum absolute atomic E-state index is 0.00788. The van der Waals surface area contributed by atoms with Crippen molar-refractivity contribution < 1.29 is 22.8 Å². The van der Waals surface area contributed by atoms with Crippen molar-refractivity contribution in [3.8, 4) is 0 Å². The minimum Gasteiger partial charge on any atom is -0.352 e. The summed E-state index contributed by atoms with van der Waals surface area (Å²) in [6.45, 7) is 3.43. The Morgan fingerprint density at radius 1 is 0.968 bits per heavy atom. The van der Waals surface area contributed by atoms with Gasteiger partial charge in [0.1, 0.15) is 0 Å². The number of hydrogen-bond acceptors (Lipinski definition) is 5. The number of rotatable bonds is 9. The molecule has 0 bridgehead atoms. The van der Waals surface area contributed by atoms with Crippen molar-refractivity contribution in [2.24, 2.45) is 0 Å². The summed E-state index contributed by atoms with van der Waals surface area (Å²) in [5.41, 5.74) is 1.25. The van der Waals surface area contributed by atoms with Crippen LogP contribution in [0.3, 0.4) is 0 Å². The highest BCUT2D eigenvalue weighted by molar-refractivity contribution is 7.89. The van der Waals surface area contributed by atoms with Crippen LogP contribution in [0, 0.1) is 0 Å². The summed E-state index contributed by atoms with van der Waals surface area (Å²) in [7, 11) is -2.61. The Balaban J connectivity index is 2.03. The van der Waals surface area contributed by atoms with E-state index in [2.05, 4.69) is 16.0 Å². The zero-order valence-corrected chi connectivity index (χ0v) is 18.5. The number of benzene rings is 2. The topological polar surface area (TPSA) is 125 Å². The molecule has 0 heterocycles. The summed E-state index contributed by atoms with van der Waals surface area (Å²) in [5.74, 6) is -1.07. The highest BCUT2D eigenvalue weighted by atomic mass is 32.2. The first-order chi connectivity index (χ1) is 14.6. The zero-order valence-electron chi connectivity index (χ0n) is 17.6. The largest absolute Gasteiger partial charge is 0.352 e. The highest BCUT2D eigenvalue weighted by Crippen LogP contribution is 2.18. The Kier molecular flexibility index (Phi) is 8.29. The van der Waals surface area contributed by atoms with Gasteiger partial charge >= 0.3 is 0 Å². The molecule has 3 amide bonds. The second-order valence-corrected chi connectivity index (χ2v) is 8.90. The van der Waals surface area contributed by atoms with Gasteiger partial charge in [0, 0.05) is 37.5 Å². The predicted octanol–water partition coefficient (Wildman–Crippen LogP) is 2.04.